The summed E-state index contributed by atoms with van der Waals surface area (Å²) in [6, 6.07) is 0. The zero-order chi connectivity index (χ0) is 7.11. The quantitative estimate of drug-likeness (QED) is 0.438. The molecule has 4 nitrogen and oxygen atoms in total. The van der Waals surface area contributed by atoms with E-state index in [2.05, 4.69) is 5.32 Å². The molecular weight excluding hydrogens is 122 g/mol. The molecule has 0 heterocycles. The van der Waals surface area contributed by atoms with Crippen LogP contribution in [0, 0.1) is 0 Å². The molecule has 0 unspecified atom stereocenters. The molecule has 0 aliphatic carbocycles. The standard InChI is InChI=1S/C5H9NO3/c7-3-1-2-6-5(9)4-8/h1,3,7-8H,2,4H2,(H,6,9). The Morgan fingerprint density at radius 1 is 1.67 bits per heavy atom. The summed E-state index contributed by atoms with van der Waals surface area (Å²) in [5.41, 5.74) is 0. The van der Waals surface area contributed by atoms with Crippen LogP contribution in [0.2, 0.25) is 0 Å². The highest BCUT2D eigenvalue weighted by Gasteiger charge is 1.91. The zero-order valence-electron chi connectivity index (χ0n) is 4.87. The van der Waals surface area contributed by atoms with Crippen LogP contribution in [0.5, 0.6) is 0 Å². The van der Waals surface area contributed by atoms with Gasteiger partial charge < -0.3 is 15.5 Å². The van der Waals surface area contributed by atoms with E-state index in [1.54, 1.807) is 0 Å². The van der Waals surface area contributed by atoms with E-state index in [1.165, 1.54) is 6.08 Å². The van der Waals surface area contributed by atoms with Gasteiger partial charge >= 0.3 is 0 Å². The van der Waals surface area contributed by atoms with Gasteiger partial charge in [-0.25, -0.2) is 0 Å². The van der Waals surface area contributed by atoms with E-state index in [-0.39, 0.29) is 6.54 Å². The van der Waals surface area contributed by atoms with Gasteiger partial charge in [0, 0.05) is 6.54 Å². The van der Waals surface area contributed by atoms with E-state index >= 15 is 0 Å². The Morgan fingerprint density at radius 2 is 2.33 bits per heavy atom. The minimum Gasteiger partial charge on any atom is -0.516 e. The van der Waals surface area contributed by atoms with Crippen LogP contribution in [0.4, 0.5) is 0 Å². The van der Waals surface area contributed by atoms with Gasteiger partial charge in [-0.3, -0.25) is 4.79 Å². The molecule has 0 aromatic rings. The first-order chi connectivity index (χ1) is 4.31. The third-order valence-corrected chi connectivity index (χ3v) is 0.666. The molecule has 3 N–H and O–H groups in total. The maximum atomic E-state index is 10.2. The van der Waals surface area contributed by atoms with E-state index < -0.39 is 12.5 Å². The summed E-state index contributed by atoms with van der Waals surface area (Å²) in [6.07, 6.45) is 2.19. The molecule has 52 valence electrons. The van der Waals surface area contributed by atoms with Crippen LogP contribution in [0.25, 0.3) is 0 Å². The van der Waals surface area contributed by atoms with Crippen molar-refractivity contribution in [3.63, 3.8) is 0 Å². The van der Waals surface area contributed by atoms with Crippen LogP contribution in [0.15, 0.2) is 12.3 Å². The summed E-state index contributed by atoms with van der Waals surface area (Å²) in [5, 5.41) is 18.5. The lowest BCUT2D eigenvalue weighted by atomic mass is 10.5. The van der Waals surface area contributed by atoms with Crippen LogP contribution in [0.3, 0.4) is 0 Å². The molecule has 0 saturated heterocycles. The smallest absolute Gasteiger partial charge is 0.245 e. The summed E-state index contributed by atoms with van der Waals surface area (Å²) >= 11 is 0. The monoisotopic (exact) mass is 131 g/mol. The molecule has 9 heavy (non-hydrogen) atoms. The summed E-state index contributed by atoms with van der Waals surface area (Å²) in [4.78, 5) is 10.2. The van der Waals surface area contributed by atoms with Gasteiger partial charge in [-0.15, -0.1) is 0 Å². The van der Waals surface area contributed by atoms with E-state index in [0.717, 1.165) is 6.26 Å². The van der Waals surface area contributed by atoms with Gasteiger partial charge in [-0.2, -0.15) is 0 Å². The molecule has 0 atom stereocenters. The molecule has 0 aromatic carbocycles. The van der Waals surface area contributed by atoms with Crippen molar-refractivity contribution in [2.24, 2.45) is 0 Å². The Bertz CT molecular complexity index is 111. The average Bonchev–Trinajstić information content (AvgIpc) is 1.89. The number of hydrogen-bond acceptors (Lipinski definition) is 3. The van der Waals surface area contributed by atoms with Crippen molar-refractivity contribution < 1.29 is 15.0 Å². The fourth-order valence-electron chi connectivity index (χ4n) is 0.281. The number of aliphatic hydroxyl groups is 2. The summed E-state index contributed by atoms with van der Waals surface area (Å²) in [5.74, 6) is -0.451. The third kappa shape index (κ3) is 4.83. The maximum Gasteiger partial charge on any atom is 0.245 e. The SMILES string of the molecule is O=C(CO)NCC=CO. The van der Waals surface area contributed by atoms with Crippen molar-refractivity contribution in [1.82, 2.24) is 5.32 Å². The molecule has 0 spiro atoms. The lowest BCUT2D eigenvalue weighted by Crippen LogP contribution is -2.25. The number of amides is 1. The van der Waals surface area contributed by atoms with E-state index in [4.69, 9.17) is 10.2 Å². The van der Waals surface area contributed by atoms with E-state index in [9.17, 15) is 4.79 Å². The Labute approximate surface area is 52.8 Å². The molecule has 0 bridgehead atoms. The van der Waals surface area contributed by atoms with E-state index in [0.29, 0.717) is 0 Å². The maximum absolute atomic E-state index is 10.2. The molecule has 1 amide bonds. The Kier molecular flexibility index (Phi) is 4.53. The second-order valence-electron chi connectivity index (χ2n) is 1.35. The fourth-order valence-corrected chi connectivity index (χ4v) is 0.281. The van der Waals surface area contributed by atoms with Gasteiger partial charge in [0.25, 0.3) is 0 Å². The van der Waals surface area contributed by atoms with Crippen LogP contribution in [-0.2, 0) is 4.79 Å². The van der Waals surface area contributed by atoms with Crippen LogP contribution < -0.4 is 5.32 Å². The number of carbonyl (C=O) groups is 1. The van der Waals surface area contributed by atoms with Crippen LogP contribution in [-0.4, -0.2) is 29.3 Å². The minimum atomic E-state index is -0.515. The van der Waals surface area contributed by atoms with Crippen molar-refractivity contribution >= 4 is 5.91 Å². The van der Waals surface area contributed by atoms with Crippen molar-refractivity contribution in [3.8, 4) is 0 Å². The number of carbonyl (C=O) groups excluding carboxylic acids is 1. The number of aliphatic hydroxyl groups excluding tert-OH is 2. The first-order valence-electron chi connectivity index (χ1n) is 2.48. The van der Waals surface area contributed by atoms with Gasteiger partial charge in [-0.05, 0) is 6.08 Å². The first kappa shape index (κ1) is 7.97. The lowest BCUT2D eigenvalue weighted by molar-refractivity contribution is -0.123. The summed E-state index contributed by atoms with van der Waals surface area (Å²) < 4.78 is 0. The van der Waals surface area contributed by atoms with E-state index in [1.807, 2.05) is 0 Å². The minimum absolute atomic E-state index is 0.246. The number of hydrogen-bond donors (Lipinski definition) is 3. The van der Waals surface area contributed by atoms with Gasteiger partial charge in [-0.1, -0.05) is 0 Å². The highest BCUT2D eigenvalue weighted by Crippen LogP contribution is 1.65. The molecule has 0 aliphatic heterocycles. The molecule has 0 saturated carbocycles. The van der Waals surface area contributed by atoms with Crippen molar-refractivity contribution in [2.45, 2.75) is 0 Å². The zero-order valence-corrected chi connectivity index (χ0v) is 4.87. The number of nitrogens with one attached hydrogen (secondary N) is 1. The average molecular weight is 131 g/mol. The third-order valence-electron chi connectivity index (χ3n) is 0.666. The lowest BCUT2D eigenvalue weighted by Gasteiger charge is -1.94. The van der Waals surface area contributed by atoms with Crippen molar-refractivity contribution in [1.29, 1.82) is 0 Å². The molecule has 0 rings (SSSR count). The molecule has 0 aromatic heterocycles. The predicted molar refractivity (Wildman–Crippen MR) is 31.9 cm³/mol. The van der Waals surface area contributed by atoms with Gasteiger partial charge in [0.15, 0.2) is 0 Å². The fraction of sp³-hybridized carbons (Fsp3) is 0.400. The first-order valence-corrected chi connectivity index (χ1v) is 2.48. The highest BCUT2D eigenvalue weighted by atomic mass is 16.3. The van der Waals surface area contributed by atoms with Crippen molar-refractivity contribution in [3.05, 3.63) is 12.3 Å². The summed E-state index contributed by atoms with van der Waals surface area (Å²) in [6.45, 7) is -0.269. The Balaban J connectivity index is 3.17. The van der Waals surface area contributed by atoms with Gasteiger partial charge in [0.1, 0.15) is 6.61 Å². The second kappa shape index (κ2) is 5.11. The summed E-state index contributed by atoms with van der Waals surface area (Å²) in [7, 11) is 0. The largest absolute Gasteiger partial charge is 0.516 e. The topological polar surface area (TPSA) is 69.6 Å². The molecular formula is C5H9NO3. The Morgan fingerprint density at radius 3 is 2.78 bits per heavy atom. The van der Waals surface area contributed by atoms with Crippen molar-refractivity contribution in [2.75, 3.05) is 13.2 Å². The molecule has 4 heteroatoms. The Hall–Kier alpha value is -1.03. The molecule has 0 radical (unpaired) electrons. The number of rotatable bonds is 3. The molecule has 0 aliphatic rings. The predicted octanol–water partition coefficient (Wildman–Crippen LogP) is -0.833. The van der Waals surface area contributed by atoms with Crippen LogP contribution in [0.1, 0.15) is 0 Å². The van der Waals surface area contributed by atoms with Crippen LogP contribution >= 0.6 is 0 Å². The highest BCUT2D eigenvalue weighted by molar-refractivity contribution is 5.76. The second-order valence-corrected chi connectivity index (χ2v) is 1.35. The molecule has 0 fully saturated rings. The van der Waals surface area contributed by atoms with Gasteiger partial charge in [0.2, 0.25) is 5.91 Å². The normalized spacial score (nSPS) is 9.89. The van der Waals surface area contributed by atoms with Gasteiger partial charge in [0.05, 0.1) is 6.26 Å².